The molecule has 5 heteroatoms. The number of amides is 1. The lowest BCUT2D eigenvalue weighted by atomic mass is 10.1. The third kappa shape index (κ3) is 4.22. The number of ether oxygens (including phenoxy) is 1. The van der Waals surface area contributed by atoms with Crippen LogP contribution in [0.5, 0.6) is 11.5 Å². The van der Waals surface area contributed by atoms with E-state index in [0.717, 1.165) is 16.2 Å². The molecule has 4 nitrogen and oxygen atoms in total. The fourth-order valence-corrected chi connectivity index (χ4v) is 3.28. The molecule has 0 atom stereocenters. The standard InChI is InChI=1S/C22H16N2O2S/c25-22(17-13-16(14-23-15-17)21-7-4-12-27-21)24-18-8-10-20(11-9-18)26-19-5-2-1-3-6-19/h1-15H,(H,24,25). The molecule has 1 amide bonds. The lowest BCUT2D eigenvalue weighted by molar-refractivity contribution is 0.102. The average molecular weight is 372 g/mol. The molecule has 0 aliphatic heterocycles. The third-order valence-corrected chi connectivity index (χ3v) is 4.82. The van der Waals surface area contributed by atoms with E-state index >= 15 is 0 Å². The summed E-state index contributed by atoms with van der Waals surface area (Å²) in [5.41, 5.74) is 2.15. The molecule has 2 heterocycles. The Bertz CT molecular complexity index is 1030. The zero-order valence-corrected chi connectivity index (χ0v) is 15.1. The molecule has 2 aromatic carbocycles. The first kappa shape index (κ1) is 17.0. The van der Waals surface area contributed by atoms with Crippen molar-refractivity contribution in [3.8, 4) is 21.9 Å². The second kappa shape index (κ2) is 7.85. The quantitative estimate of drug-likeness (QED) is 0.478. The van der Waals surface area contributed by atoms with Crippen molar-refractivity contribution in [2.45, 2.75) is 0 Å². The van der Waals surface area contributed by atoms with Gasteiger partial charge in [0.15, 0.2) is 0 Å². The largest absolute Gasteiger partial charge is 0.457 e. The van der Waals surface area contributed by atoms with Crippen LogP contribution in [0, 0.1) is 0 Å². The summed E-state index contributed by atoms with van der Waals surface area (Å²) in [5, 5.41) is 4.89. The van der Waals surface area contributed by atoms with E-state index in [2.05, 4.69) is 10.3 Å². The van der Waals surface area contributed by atoms with Crippen molar-refractivity contribution in [2.24, 2.45) is 0 Å². The van der Waals surface area contributed by atoms with E-state index in [1.165, 1.54) is 0 Å². The maximum Gasteiger partial charge on any atom is 0.257 e. The maximum atomic E-state index is 12.5. The summed E-state index contributed by atoms with van der Waals surface area (Å²) in [7, 11) is 0. The summed E-state index contributed by atoms with van der Waals surface area (Å²) in [6.07, 6.45) is 3.33. The van der Waals surface area contributed by atoms with Gasteiger partial charge in [-0.25, -0.2) is 0 Å². The highest BCUT2D eigenvalue weighted by molar-refractivity contribution is 7.13. The first-order chi connectivity index (χ1) is 13.3. The molecule has 0 bridgehead atoms. The lowest BCUT2D eigenvalue weighted by Gasteiger charge is -2.08. The zero-order valence-electron chi connectivity index (χ0n) is 14.3. The number of para-hydroxylation sites is 1. The van der Waals surface area contributed by atoms with Gasteiger partial charge in [-0.05, 0) is 53.9 Å². The van der Waals surface area contributed by atoms with Crippen molar-refractivity contribution in [1.82, 2.24) is 4.98 Å². The zero-order chi connectivity index (χ0) is 18.5. The van der Waals surface area contributed by atoms with Gasteiger partial charge in [-0.3, -0.25) is 9.78 Å². The Morgan fingerprint density at radius 2 is 1.67 bits per heavy atom. The van der Waals surface area contributed by atoms with E-state index in [4.69, 9.17) is 4.74 Å². The maximum absolute atomic E-state index is 12.5. The van der Waals surface area contributed by atoms with Gasteiger partial charge in [0, 0.05) is 28.5 Å². The van der Waals surface area contributed by atoms with Gasteiger partial charge >= 0.3 is 0 Å². The van der Waals surface area contributed by atoms with Gasteiger partial charge in [0.2, 0.25) is 0 Å². The molecule has 0 aliphatic carbocycles. The summed E-state index contributed by atoms with van der Waals surface area (Å²) in [5.74, 6) is 1.28. The van der Waals surface area contributed by atoms with Crippen LogP contribution in [0.25, 0.3) is 10.4 Å². The van der Waals surface area contributed by atoms with E-state index in [1.807, 2.05) is 78.2 Å². The van der Waals surface area contributed by atoms with E-state index in [1.54, 1.807) is 23.7 Å². The van der Waals surface area contributed by atoms with Crippen LogP contribution in [-0.2, 0) is 0 Å². The molecule has 0 spiro atoms. The van der Waals surface area contributed by atoms with Gasteiger partial charge in [-0.15, -0.1) is 11.3 Å². The molecule has 0 saturated heterocycles. The minimum Gasteiger partial charge on any atom is -0.457 e. The predicted molar refractivity (Wildman–Crippen MR) is 108 cm³/mol. The predicted octanol–water partition coefficient (Wildman–Crippen LogP) is 5.85. The molecule has 0 aliphatic rings. The van der Waals surface area contributed by atoms with Crippen molar-refractivity contribution >= 4 is 22.9 Å². The Hall–Kier alpha value is -3.44. The molecule has 2 aromatic heterocycles. The molecule has 0 saturated carbocycles. The number of thiophene rings is 1. The summed E-state index contributed by atoms with van der Waals surface area (Å²) >= 11 is 1.62. The Morgan fingerprint density at radius 3 is 2.41 bits per heavy atom. The van der Waals surface area contributed by atoms with E-state index in [-0.39, 0.29) is 5.91 Å². The van der Waals surface area contributed by atoms with E-state index in [9.17, 15) is 4.79 Å². The summed E-state index contributed by atoms with van der Waals surface area (Å²) in [6.45, 7) is 0. The minimum atomic E-state index is -0.197. The van der Waals surface area contributed by atoms with Crippen molar-refractivity contribution < 1.29 is 9.53 Å². The number of nitrogens with one attached hydrogen (secondary N) is 1. The number of carbonyl (C=O) groups is 1. The second-order valence-corrected chi connectivity index (χ2v) is 6.78. The summed E-state index contributed by atoms with van der Waals surface area (Å²) in [4.78, 5) is 17.8. The fourth-order valence-electron chi connectivity index (χ4n) is 2.58. The normalized spacial score (nSPS) is 10.4. The number of aromatic nitrogens is 1. The molecule has 0 radical (unpaired) electrons. The topological polar surface area (TPSA) is 51.2 Å². The van der Waals surface area contributed by atoms with Crippen molar-refractivity contribution in [3.05, 3.63) is 96.1 Å². The summed E-state index contributed by atoms with van der Waals surface area (Å²) in [6, 6.07) is 22.7. The Balaban J connectivity index is 1.44. The van der Waals surface area contributed by atoms with Crippen LogP contribution in [0.1, 0.15) is 10.4 Å². The minimum absolute atomic E-state index is 0.197. The smallest absolute Gasteiger partial charge is 0.257 e. The van der Waals surface area contributed by atoms with Gasteiger partial charge < -0.3 is 10.1 Å². The van der Waals surface area contributed by atoms with E-state index < -0.39 is 0 Å². The van der Waals surface area contributed by atoms with Crippen LogP contribution in [0.2, 0.25) is 0 Å². The van der Waals surface area contributed by atoms with Gasteiger partial charge in [-0.1, -0.05) is 24.3 Å². The Morgan fingerprint density at radius 1 is 0.889 bits per heavy atom. The van der Waals surface area contributed by atoms with Crippen molar-refractivity contribution in [2.75, 3.05) is 5.32 Å². The van der Waals surface area contributed by atoms with Gasteiger partial charge in [0.05, 0.1) is 5.56 Å². The molecule has 132 valence electrons. The second-order valence-electron chi connectivity index (χ2n) is 5.83. The molecule has 0 fully saturated rings. The summed E-state index contributed by atoms with van der Waals surface area (Å²) < 4.78 is 5.76. The molecule has 27 heavy (non-hydrogen) atoms. The monoisotopic (exact) mass is 372 g/mol. The molecule has 4 rings (SSSR count). The number of anilines is 1. The number of carbonyl (C=O) groups excluding carboxylic acids is 1. The van der Waals surface area contributed by atoms with Crippen LogP contribution in [-0.4, -0.2) is 10.9 Å². The number of hydrogen-bond donors (Lipinski definition) is 1. The molecule has 0 unspecified atom stereocenters. The van der Waals surface area contributed by atoms with Gasteiger partial charge in [-0.2, -0.15) is 0 Å². The lowest BCUT2D eigenvalue weighted by Crippen LogP contribution is -2.12. The number of benzene rings is 2. The SMILES string of the molecule is O=C(Nc1ccc(Oc2ccccc2)cc1)c1cncc(-c2cccs2)c1. The number of nitrogens with zero attached hydrogens (tertiary/aromatic N) is 1. The van der Waals surface area contributed by atoms with Crippen molar-refractivity contribution in [3.63, 3.8) is 0 Å². The van der Waals surface area contributed by atoms with Crippen LogP contribution in [0.4, 0.5) is 5.69 Å². The first-order valence-corrected chi connectivity index (χ1v) is 9.29. The number of pyridine rings is 1. The Labute approximate surface area is 161 Å². The van der Waals surface area contributed by atoms with Crippen LogP contribution in [0.15, 0.2) is 90.6 Å². The van der Waals surface area contributed by atoms with Crippen LogP contribution < -0.4 is 10.1 Å². The number of rotatable bonds is 5. The molecular formula is C22H16N2O2S. The third-order valence-electron chi connectivity index (χ3n) is 3.90. The van der Waals surface area contributed by atoms with Crippen LogP contribution >= 0.6 is 11.3 Å². The van der Waals surface area contributed by atoms with Gasteiger partial charge in [0.1, 0.15) is 11.5 Å². The van der Waals surface area contributed by atoms with Gasteiger partial charge in [0.25, 0.3) is 5.91 Å². The first-order valence-electron chi connectivity index (χ1n) is 8.41. The number of hydrogen-bond acceptors (Lipinski definition) is 4. The Kier molecular flexibility index (Phi) is 4.94. The van der Waals surface area contributed by atoms with Crippen LogP contribution in [0.3, 0.4) is 0 Å². The molecular weight excluding hydrogens is 356 g/mol. The highest BCUT2D eigenvalue weighted by atomic mass is 32.1. The average Bonchev–Trinajstić information content (AvgIpc) is 3.25. The fraction of sp³-hybridized carbons (Fsp3) is 0. The molecule has 1 N–H and O–H groups in total. The van der Waals surface area contributed by atoms with Crippen molar-refractivity contribution in [1.29, 1.82) is 0 Å². The molecule has 4 aromatic rings. The highest BCUT2D eigenvalue weighted by Crippen LogP contribution is 2.25. The van der Waals surface area contributed by atoms with E-state index in [0.29, 0.717) is 17.0 Å². The highest BCUT2D eigenvalue weighted by Gasteiger charge is 2.09.